The number of amides is 1. The summed E-state index contributed by atoms with van der Waals surface area (Å²) in [5, 5.41) is 6.13. The van der Waals surface area contributed by atoms with Gasteiger partial charge in [-0.3, -0.25) is 4.79 Å². The van der Waals surface area contributed by atoms with Gasteiger partial charge in [-0.15, -0.1) is 0 Å². The van der Waals surface area contributed by atoms with Gasteiger partial charge in [0.05, 0.1) is 16.2 Å². The molecule has 1 aromatic rings. The van der Waals surface area contributed by atoms with E-state index in [1.165, 1.54) is 18.2 Å². The van der Waals surface area contributed by atoms with Crippen LogP contribution in [0.25, 0.3) is 0 Å². The summed E-state index contributed by atoms with van der Waals surface area (Å²) < 4.78 is 13.0. The van der Waals surface area contributed by atoms with Gasteiger partial charge >= 0.3 is 0 Å². The Morgan fingerprint density at radius 1 is 1.59 bits per heavy atom. The van der Waals surface area contributed by atoms with Gasteiger partial charge in [-0.05, 0) is 44.5 Å². The second-order valence-corrected chi connectivity index (χ2v) is 4.85. The van der Waals surface area contributed by atoms with Crippen molar-refractivity contribution in [2.24, 2.45) is 0 Å². The Kier molecular flexibility index (Phi) is 3.35. The molecule has 0 saturated carbocycles. The van der Waals surface area contributed by atoms with Gasteiger partial charge in [0.1, 0.15) is 5.82 Å². The minimum Gasteiger partial charge on any atom is -0.323 e. The third-order valence-corrected chi connectivity index (χ3v) is 3.38. The SMILES string of the molecule is CC1(C(=O)Nc2cc(F)ccc2Cl)CCCN1. The van der Waals surface area contributed by atoms with Crippen LogP contribution in [0.4, 0.5) is 10.1 Å². The molecule has 3 nitrogen and oxygen atoms in total. The minimum absolute atomic E-state index is 0.178. The average Bonchev–Trinajstić information content (AvgIpc) is 2.72. The van der Waals surface area contributed by atoms with Crippen molar-refractivity contribution >= 4 is 23.2 Å². The number of hydrogen-bond acceptors (Lipinski definition) is 2. The van der Waals surface area contributed by atoms with Crippen LogP contribution in [0.3, 0.4) is 0 Å². The second-order valence-electron chi connectivity index (χ2n) is 4.44. The van der Waals surface area contributed by atoms with Gasteiger partial charge in [0.25, 0.3) is 0 Å². The standard InChI is InChI=1S/C12H14ClFN2O/c1-12(5-2-6-15-12)11(17)16-10-7-8(14)3-4-9(10)13/h3-4,7,15H,2,5-6H2,1H3,(H,16,17). The van der Waals surface area contributed by atoms with Gasteiger partial charge in [0.2, 0.25) is 5.91 Å². The minimum atomic E-state index is -0.588. The predicted octanol–water partition coefficient (Wildman–Crippen LogP) is 2.56. The van der Waals surface area contributed by atoms with Crippen molar-refractivity contribution in [3.8, 4) is 0 Å². The van der Waals surface area contributed by atoms with Crippen molar-refractivity contribution in [2.75, 3.05) is 11.9 Å². The van der Waals surface area contributed by atoms with Crippen LogP contribution in [0.2, 0.25) is 5.02 Å². The fraction of sp³-hybridized carbons (Fsp3) is 0.417. The van der Waals surface area contributed by atoms with Crippen molar-refractivity contribution in [2.45, 2.75) is 25.3 Å². The number of carbonyl (C=O) groups is 1. The Morgan fingerprint density at radius 2 is 2.35 bits per heavy atom. The molecule has 0 spiro atoms. The summed E-state index contributed by atoms with van der Waals surface area (Å²) in [6.07, 6.45) is 1.73. The van der Waals surface area contributed by atoms with Crippen LogP contribution in [-0.4, -0.2) is 18.0 Å². The maximum Gasteiger partial charge on any atom is 0.244 e. The van der Waals surface area contributed by atoms with E-state index in [1.54, 1.807) is 0 Å². The molecule has 1 aliphatic rings. The van der Waals surface area contributed by atoms with Gasteiger partial charge in [-0.1, -0.05) is 11.6 Å². The van der Waals surface area contributed by atoms with E-state index in [1.807, 2.05) is 6.92 Å². The number of anilines is 1. The van der Waals surface area contributed by atoms with Gasteiger partial charge in [0, 0.05) is 0 Å². The lowest BCUT2D eigenvalue weighted by molar-refractivity contribution is -0.121. The summed E-state index contributed by atoms with van der Waals surface area (Å²) >= 11 is 5.89. The van der Waals surface area contributed by atoms with Gasteiger partial charge in [-0.2, -0.15) is 0 Å². The van der Waals surface area contributed by atoms with Crippen molar-refractivity contribution in [1.82, 2.24) is 5.32 Å². The van der Waals surface area contributed by atoms with E-state index in [0.717, 1.165) is 19.4 Å². The van der Waals surface area contributed by atoms with Crippen LogP contribution >= 0.6 is 11.6 Å². The lowest BCUT2D eigenvalue weighted by Gasteiger charge is -2.23. The third-order valence-electron chi connectivity index (χ3n) is 3.05. The number of benzene rings is 1. The van der Waals surface area contributed by atoms with E-state index in [9.17, 15) is 9.18 Å². The lowest BCUT2D eigenvalue weighted by atomic mass is 9.99. The van der Waals surface area contributed by atoms with E-state index >= 15 is 0 Å². The molecule has 5 heteroatoms. The zero-order valence-corrected chi connectivity index (χ0v) is 10.3. The molecule has 92 valence electrons. The van der Waals surface area contributed by atoms with E-state index in [4.69, 9.17) is 11.6 Å². The second kappa shape index (κ2) is 4.63. The molecule has 1 saturated heterocycles. The fourth-order valence-electron chi connectivity index (χ4n) is 1.94. The van der Waals surface area contributed by atoms with Gasteiger partial charge in [-0.25, -0.2) is 4.39 Å². The molecule has 1 unspecified atom stereocenters. The molecular formula is C12H14ClFN2O. The van der Waals surface area contributed by atoms with Crippen LogP contribution in [0.5, 0.6) is 0 Å². The Labute approximate surface area is 104 Å². The van der Waals surface area contributed by atoms with E-state index < -0.39 is 11.4 Å². The Balaban J connectivity index is 2.15. The van der Waals surface area contributed by atoms with Crippen LogP contribution < -0.4 is 10.6 Å². The first-order valence-corrected chi connectivity index (χ1v) is 5.91. The largest absolute Gasteiger partial charge is 0.323 e. The van der Waals surface area contributed by atoms with Crippen molar-refractivity contribution in [1.29, 1.82) is 0 Å². The monoisotopic (exact) mass is 256 g/mol. The molecule has 0 aromatic heterocycles. The summed E-state index contributed by atoms with van der Waals surface area (Å²) in [6.45, 7) is 2.66. The first-order valence-electron chi connectivity index (χ1n) is 5.53. The molecule has 0 bridgehead atoms. The van der Waals surface area contributed by atoms with Crippen LogP contribution in [0.15, 0.2) is 18.2 Å². The molecule has 2 rings (SSSR count). The van der Waals surface area contributed by atoms with Gasteiger partial charge < -0.3 is 10.6 Å². The topological polar surface area (TPSA) is 41.1 Å². The summed E-state index contributed by atoms with van der Waals surface area (Å²) in [5.41, 5.74) is -0.276. The zero-order valence-electron chi connectivity index (χ0n) is 9.52. The van der Waals surface area contributed by atoms with E-state index in [2.05, 4.69) is 10.6 Å². The number of carbonyl (C=O) groups excluding carboxylic acids is 1. The quantitative estimate of drug-likeness (QED) is 0.854. The molecule has 0 radical (unpaired) electrons. The van der Waals surface area contributed by atoms with Crippen molar-refractivity contribution in [3.05, 3.63) is 29.0 Å². The molecule has 1 heterocycles. The Bertz CT molecular complexity index is 444. The smallest absolute Gasteiger partial charge is 0.244 e. The Hall–Kier alpha value is -1.13. The number of rotatable bonds is 2. The predicted molar refractivity (Wildman–Crippen MR) is 65.7 cm³/mol. The summed E-state index contributed by atoms with van der Waals surface area (Å²) in [6, 6.07) is 3.91. The number of hydrogen-bond donors (Lipinski definition) is 2. The summed E-state index contributed by atoms with van der Waals surface area (Å²) in [5.74, 6) is -0.600. The highest BCUT2D eigenvalue weighted by Crippen LogP contribution is 2.25. The molecule has 1 aliphatic heterocycles. The molecule has 1 fully saturated rings. The fourth-order valence-corrected chi connectivity index (χ4v) is 2.11. The van der Waals surface area contributed by atoms with E-state index in [-0.39, 0.29) is 5.91 Å². The number of halogens is 2. The average molecular weight is 257 g/mol. The first-order chi connectivity index (χ1) is 8.01. The van der Waals surface area contributed by atoms with Crippen LogP contribution in [-0.2, 0) is 4.79 Å². The van der Waals surface area contributed by atoms with Crippen LogP contribution in [0, 0.1) is 5.82 Å². The molecule has 1 aromatic carbocycles. The first kappa shape index (κ1) is 12.3. The highest BCUT2D eigenvalue weighted by molar-refractivity contribution is 6.33. The summed E-state index contributed by atoms with van der Waals surface area (Å²) in [7, 11) is 0. The van der Waals surface area contributed by atoms with Crippen LogP contribution in [0.1, 0.15) is 19.8 Å². The normalized spacial score (nSPS) is 23.7. The highest BCUT2D eigenvalue weighted by Gasteiger charge is 2.36. The Morgan fingerprint density at radius 3 is 3.00 bits per heavy atom. The lowest BCUT2D eigenvalue weighted by Crippen LogP contribution is -2.48. The maximum atomic E-state index is 13.0. The highest BCUT2D eigenvalue weighted by atomic mass is 35.5. The molecular weight excluding hydrogens is 243 g/mol. The molecule has 0 aliphatic carbocycles. The van der Waals surface area contributed by atoms with Crippen molar-refractivity contribution < 1.29 is 9.18 Å². The maximum absolute atomic E-state index is 13.0. The van der Waals surface area contributed by atoms with E-state index in [0.29, 0.717) is 10.7 Å². The zero-order chi connectivity index (χ0) is 12.5. The molecule has 17 heavy (non-hydrogen) atoms. The summed E-state index contributed by atoms with van der Waals surface area (Å²) in [4.78, 5) is 12.0. The molecule has 1 atom stereocenters. The third kappa shape index (κ3) is 2.58. The molecule has 1 amide bonds. The molecule has 2 N–H and O–H groups in total. The van der Waals surface area contributed by atoms with Gasteiger partial charge in [0.15, 0.2) is 0 Å². The van der Waals surface area contributed by atoms with Crippen molar-refractivity contribution in [3.63, 3.8) is 0 Å². The number of nitrogens with one attached hydrogen (secondary N) is 2.